The molecule has 0 fully saturated rings. The van der Waals surface area contributed by atoms with Gasteiger partial charge < -0.3 is 19.5 Å². The molecule has 3 rings (SSSR count). The van der Waals surface area contributed by atoms with Crippen molar-refractivity contribution < 1.29 is 19.0 Å². The Bertz CT molecular complexity index is 955. The van der Waals surface area contributed by atoms with Gasteiger partial charge in [-0.05, 0) is 28.8 Å². The molecule has 5 heteroatoms. The van der Waals surface area contributed by atoms with Crippen molar-refractivity contribution in [1.29, 1.82) is 0 Å². The fourth-order valence-corrected chi connectivity index (χ4v) is 2.75. The summed E-state index contributed by atoms with van der Waals surface area (Å²) < 4.78 is 16.5. The second-order valence-electron chi connectivity index (χ2n) is 6.53. The SMILES string of the molecule is COc1cc(C=CCNC(=O)OCc2ccccc2)ccc1OCc1ccccc1. The lowest BCUT2D eigenvalue weighted by Crippen LogP contribution is -2.24. The van der Waals surface area contributed by atoms with E-state index in [2.05, 4.69) is 5.32 Å². The maximum absolute atomic E-state index is 11.8. The lowest BCUT2D eigenvalue weighted by Gasteiger charge is -2.11. The molecule has 0 heterocycles. The normalized spacial score (nSPS) is 10.6. The van der Waals surface area contributed by atoms with Crippen LogP contribution in [0.15, 0.2) is 84.9 Å². The Hall–Kier alpha value is -3.73. The molecule has 0 aliphatic carbocycles. The summed E-state index contributed by atoms with van der Waals surface area (Å²) in [6.07, 6.45) is 3.30. The number of carbonyl (C=O) groups is 1. The molecule has 0 saturated carbocycles. The lowest BCUT2D eigenvalue weighted by molar-refractivity contribution is 0.141. The number of nitrogens with one attached hydrogen (secondary N) is 1. The van der Waals surface area contributed by atoms with Gasteiger partial charge in [0.1, 0.15) is 13.2 Å². The molecule has 1 N–H and O–H groups in total. The van der Waals surface area contributed by atoms with Gasteiger partial charge in [0.15, 0.2) is 11.5 Å². The Labute approximate surface area is 176 Å². The number of alkyl carbamates (subject to hydrolysis) is 1. The van der Waals surface area contributed by atoms with E-state index in [1.165, 1.54) is 0 Å². The van der Waals surface area contributed by atoms with Crippen molar-refractivity contribution in [2.75, 3.05) is 13.7 Å². The minimum absolute atomic E-state index is 0.248. The third-order valence-corrected chi connectivity index (χ3v) is 4.31. The van der Waals surface area contributed by atoms with Crippen molar-refractivity contribution in [3.63, 3.8) is 0 Å². The highest BCUT2D eigenvalue weighted by Crippen LogP contribution is 2.29. The number of ether oxygens (including phenoxy) is 3. The number of benzene rings is 3. The molecule has 0 bridgehead atoms. The van der Waals surface area contributed by atoms with Gasteiger partial charge in [0, 0.05) is 6.54 Å². The van der Waals surface area contributed by atoms with Gasteiger partial charge in [0.05, 0.1) is 7.11 Å². The number of amides is 1. The highest BCUT2D eigenvalue weighted by molar-refractivity contribution is 5.67. The zero-order chi connectivity index (χ0) is 21.0. The zero-order valence-electron chi connectivity index (χ0n) is 16.9. The number of rotatable bonds is 9. The van der Waals surface area contributed by atoms with E-state index < -0.39 is 6.09 Å². The molecule has 0 spiro atoms. The highest BCUT2D eigenvalue weighted by atomic mass is 16.5. The van der Waals surface area contributed by atoms with Crippen LogP contribution in [0.25, 0.3) is 6.08 Å². The molecule has 1 amide bonds. The molecule has 0 aliphatic rings. The Morgan fingerprint density at radius 1 is 0.867 bits per heavy atom. The van der Waals surface area contributed by atoms with Crippen LogP contribution in [0.4, 0.5) is 4.79 Å². The first kappa shape index (κ1) is 21.0. The molecule has 3 aromatic rings. The summed E-state index contributed by atoms with van der Waals surface area (Å²) in [6, 6.07) is 25.2. The number of methoxy groups -OCH3 is 1. The smallest absolute Gasteiger partial charge is 0.407 e. The first-order chi connectivity index (χ1) is 14.7. The Morgan fingerprint density at radius 3 is 2.20 bits per heavy atom. The zero-order valence-corrected chi connectivity index (χ0v) is 16.9. The largest absolute Gasteiger partial charge is 0.493 e. The number of hydrogen-bond donors (Lipinski definition) is 1. The molecule has 0 radical (unpaired) electrons. The lowest BCUT2D eigenvalue weighted by atomic mass is 10.2. The van der Waals surface area contributed by atoms with Crippen molar-refractivity contribution in [3.05, 3.63) is 102 Å². The van der Waals surface area contributed by atoms with Crippen LogP contribution in [0.2, 0.25) is 0 Å². The van der Waals surface area contributed by atoms with Crippen LogP contribution in [-0.2, 0) is 18.0 Å². The van der Waals surface area contributed by atoms with Gasteiger partial charge >= 0.3 is 6.09 Å². The van der Waals surface area contributed by atoms with Crippen LogP contribution >= 0.6 is 0 Å². The molecule has 154 valence electrons. The van der Waals surface area contributed by atoms with Crippen LogP contribution in [0.5, 0.6) is 11.5 Å². The van der Waals surface area contributed by atoms with Crippen LogP contribution in [0.3, 0.4) is 0 Å². The van der Waals surface area contributed by atoms with Crippen LogP contribution in [-0.4, -0.2) is 19.7 Å². The predicted octanol–water partition coefficient (Wildman–Crippen LogP) is 5.21. The van der Waals surface area contributed by atoms with Gasteiger partial charge in [-0.25, -0.2) is 4.79 Å². The molecule has 3 aromatic carbocycles. The monoisotopic (exact) mass is 403 g/mol. The quantitative estimate of drug-likeness (QED) is 0.533. The van der Waals surface area contributed by atoms with Crippen LogP contribution in [0, 0.1) is 0 Å². The van der Waals surface area contributed by atoms with E-state index in [4.69, 9.17) is 14.2 Å². The summed E-state index contributed by atoms with van der Waals surface area (Å²) in [4.78, 5) is 11.8. The summed E-state index contributed by atoms with van der Waals surface area (Å²) in [7, 11) is 1.61. The van der Waals surface area contributed by atoms with Gasteiger partial charge in [-0.3, -0.25) is 0 Å². The van der Waals surface area contributed by atoms with E-state index in [0.717, 1.165) is 16.7 Å². The van der Waals surface area contributed by atoms with Crippen molar-refractivity contribution in [1.82, 2.24) is 5.32 Å². The van der Waals surface area contributed by atoms with E-state index >= 15 is 0 Å². The van der Waals surface area contributed by atoms with Gasteiger partial charge in [-0.2, -0.15) is 0 Å². The van der Waals surface area contributed by atoms with Crippen molar-refractivity contribution in [2.24, 2.45) is 0 Å². The van der Waals surface area contributed by atoms with Gasteiger partial charge in [0.25, 0.3) is 0 Å². The first-order valence-corrected chi connectivity index (χ1v) is 9.70. The number of hydrogen-bond acceptors (Lipinski definition) is 4. The van der Waals surface area contributed by atoms with E-state index in [9.17, 15) is 4.79 Å². The van der Waals surface area contributed by atoms with Crippen LogP contribution < -0.4 is 14.8 Å². The van der Waals surface area contributed by atoms with E-state index in [1.54, 1.807) is 7.11 Å². The van der Waals surface area contributed by atoms with Crippen LogP contribution in [0.1, 0.15) is 16.7 Å². The summed E-state index contributed by atoms with van der Waals surface area (Å²) in [6.45, 7) is 1.08. The highest BCUT2D eigenvalue weighted by Gasteiger charge is 2.05. The number of carbonyl (C=O) groups excluding carboxylic acids is 1. The Morgan fingerprint density at radius 2 is 1.53 bits per heavy atom. The van der Waals surface area contributed by atoms with E-state index in [0.29, 0.717) is 24.7 Å². The van der Waals surface area contributed by atoms with Crippen molar-refractivity contribution in [3.8, 4) is 11.5 Å². The minimum Gasteiger partial charge on any atom is -0.493 e. The third kappa shape index (κ3) is 6.71. The van der Waals surface area contributed by atoms with Gasteiger partial charge in [-0.1, -0.05) is 78.9 Å². The minimum atomic E-state index is -0.453. The fourth-order valence-electron chi connectivity index (χ4n) is 2.75. The van der Waals surface area contributed by atoms with Crippen molar-refractivity contribution >= 4 is 12.2 Å². The molecule has 0 aliphatic heterocycles. The molecular weight excluding hydrogens is 378 g/mol. The molecule has 0 saturated heterocycles. The summed E-state index contributed by atoms with van der Waals surface area (Å²) in [5.74, 6) is 1.34. The fraction of sp³-hybridized carbons (Fsp3) is 0.160. The Kier molecular flexibility index (Phi) is 7.92. The average Bonchev–Trinajstić information content (AvgIpc) is 2.80. The van der Waals surface area contributed by atoms with Crippen molar-refractivity contribution in [2.45, 2.75) is 13.2 Å². The Balaban J connectivity index is 1.46. The molecule has 30 heavy (non-hydrogen) atoms. The summed E-state index contributed by atoms with van der Waals surface area (Å²) in [5.41, 5.74) is 2.98. The van der Waals surface area contributed by atoms with E-state index in [1.807, 2.05) is 91.0 Å². The molecular formula is C25H25NO4. The second-order valence-corrected chi connectivity index (χ2v) is 6.53. The van der Waals surface area contributed by atoms with E-state index in [-0.39, 0.29) is 6.61 Å². The molecule has 0 unspecified atom stereocenters. The first-order valence-electron chi connectivity index (χ1n) is 9.70. The molecule has 0 aromatic heterocycles. The summed E-state index contributed by atoms with van der Waals surface area (Å²) >= 11 is 0. The molecule has 0 atom stereocenters. The maximum atomic E-state index is 11.8. The van der Waals surface area contributed by atoms with Gasteiger partial charge in [0.2, 0.25) is 0 Å². The molecule has 5 nitrogen and oxygen atoms in total. The topological polar surface area (TPSA) is 56.8 Å². The summed E-state index contributed by atoms with van der Waals surface area (Å²) in [5, 5.41) is 2.70. The third-order valence-electron chi connectivity index (χ3n) is 4.31. The maximum Gasteiger partial charge on any atom is 0.407 e. The second kappa shape index (κ2) is 11.3. The average molecular weight is 403 g/mol. The predicted molar refractivity (Wildman–Crippen MR) is 117 cm³/mol. The standard InChI is InChI=1S/C25H25NO4/c1-28-24-17-20(14-15-23(24)29-18-21-9-4-2-5-10-21)13-8-16-26-25(27)30-19-22-11-6-3-7-12-22/h2-15,17H,16,18-19H2,1H3,(H,26,27). The van der Waals surface area contributed by atoms with Gasteiger partial charge in [-0.15, -0.1) is 0 Å².